The molecule has 0 aliphatic carbocycles. The van der Waals surface area contributed by atoms with Crippen LogP contribution in [0.15, 0.2) is 78.0 Å². The molecule has 4 aromatic rings. The lowest BCUT2D eigenvalue weighted by atomic mass is 10.1. The molecule has 2 amide bonds. The second-order valence-electron chi connectivity index (χ2n) is 7.81. The third-order valence-electron chi connectivity index (χ3n) is 5.26. The lowest BCUT2D eigenvalue weighted by Crippen LogP contribution is -2.34. The summed E-state index contributed by atoms with van der Waals surface area (Å²) in [5, 5.41) is 8.84. The molecule has 0 aliphatic rings. The monoisotopic (exact) mass is 492 g/mol. The average Bonchev–Trinajstić information content (AvgIpc) is 3.17. The van der Waals surface area contributed by atoms with Gasteiger partial charge in [0.25, 0.3) is 11.8 Å². The molecule has 0 bridgehead atoms. The van der Waals surface area contributed by atoms with Crippen LogP contribution in [-0.4, -0.2) is 29.1 Å². The van der Waals surface area contributed by atoms with Crippen molar-refractivity contribution in [1.82, 2.24) is 15.3 Å². The smallest absolute Gasteiger partial charge is 0.259 e. The van der Waals surface area contributed by atoms with E-state index in [0.29, 0.717) is 22.2 Å². The summed E-state index contributed by atoms with van der Waals surface area (Å²) < 4.78 is 2.07. The highest BCUT2D eigenvalue weighted by molar-refractivity contribution is 6.35. The summed E-state index contributed by atoms with van der Waals surface area (Å²) in [4.78, 5) is 24.3. The Morgan fingerprint density at radius 2 is 1.85 bits per heavy atom. The molecule has 6 nitrogen and oxygen atoms in total. The fourth-order valence-electron chi connectivity index (χ4n) is 3.60. The maximum atomic E-state index is 12.2. The van der Waals surface area contributed by atoms with Gasteiger partial charge in [0.1, 0.15) is 0 Å². The highest BCUT2D eigenvalue weighted by Gasteiger charge is 2.10. The molecule has 172 valence electrons. The number of nitrogens with one attached hydrogen (secondary N) is 2. The highest BCUT2D eigenvalue weighted by Crippen LogP contribution is 2.25. The van der Waals surface area contributed by atoms with Crippen LogP contribution in [0.1, 0.15) is 27.0 Å². The second-order valence-corrected chi connectivity index (χ2v) is 8.65. The van der Waals surface area contributed by atoms with Gasteiger partial charge in [0.2, 0.25) is 0 Å². The van der Waals surface area contributed by atoms with Gasteiger partial charge in [0.15, 0.2) is 0 Å². The molecule has 8 heteroatoms. The van der Waals surface area contributed by atoms with Crippen molar-refractivity contribution >= 4 is 52.1 Å². The molecular formula is C26H22Cl2N4O2. The van der Waals surface area contributed by atoms with Crippen LogP contribution in [0.5, 0.6) is 0 Å². The van der Waals surface area contributed by atoms with Gasteiger partial charge < -0.3 is 9.88 Å². The molecule has 0 saturated heterocycles. The Morgan fingerprint density at radius 1 is 1.03 bits per heavy atom. The van der Waals surface area contributed by atoms with Crippen molar-refractivity contribution in [3.05, 3.63) is 105 Å². The number of aryl methyl sites for hydroxylation is 1. The summed E-state index contributed by atoms with van der Waals surface area (Å²) in [6.07, 6.45) is 3.54. The minimum Gasteiger partial charge on any atom is -0.343 e. The number of nitrogens with zero attached hydrogens (tertiary/aromatic N) is 2. The fourth-order valence-corrected chi connectivity index (χ4v) is 4.07. The van der Waals surface area contributed by atoms with Crippen LogP contribution >= 0.6 is 23.2 Å². The van der Waals surface area contributed by atoms with E-state index >= 15 is 0 Å². The number of aromatic nitrogens is 1. The van der Waals surface area contributed by atoms with E-state index in [1.165, 1.54) is 0 Å². The lowest BCUT2D eigenvalue weighted by molar-refractivity contribution is -0.120. The quantitative estimate of drug-likeness (QED) is 0.275. The number of para-hydroxylation sites is 1. The molecule has 0 saturated carbocycles. The zero-order valence-electron chi connectivity index (χ0n) is 18.4. The predicted octanol–water partition coefficient (Wildman–Crippen LogP) is 5.18. The number of hydrazone groups is 1. The van der Waals surface area contributed by atoms with Gasteiger partial charge in [-0.3, -0.25) is 9.59 Å². The zero-order chi connectivity index (χ0) is 24.1. The molecule has 0 aliphatic heterocycles. The summed E-state index contributed by atoms with van der Waals surface area (Å²) in [6.45, 7) is 2.28. The third kappa shape index (κ3) is 5.65. The van der Waals surface area contributed by atoms with E-state index in [0.717, 1.165) is 27.6 Å². The molecule has 0 spiro atoms. The summed E-state index contributed by atoms with van der Waals surface area (Å²) in [5.41, 5.74) is 6.72. The van der Waals surface area contributed by atoms with E-state index in [1.54, 1.807) is 30.5 Å². The largest absolute Gasteiger partial charge is 0.343 e. The van der Waals surface area contributed by atoms with Crippen molar-refractivity contribution in [1.29, 1.82) is 0 Å². The maximum absolute atomic E-state index is 12.2. The van der Waals surface area contributed by atoms with Crippen molar-refractivity contribution in [2.75, 3.05) is 6.54 Å². The number of fused-ring (bicyclic) bond motifs is 1. The number of carbonyl (C=O) groups excluding carboxylic acids is 2. The summed E-state index contributed by atoms with van der Waals surface area (Å²) >= 11 is 12.4. The molecule has 2 N–H and O–H groups in total. The van der Waals surface area contributed by atoms with Crippen LogP contribution in [0.3, 0.4) is 0 Å². The predicted molar refractivity (Wildman–Crippen MR) is 137 cm³/mol. The number of carbonyl (C=O) groups is 2. The van der Waals surface area contributed by atoms with Crippen LogP contribution < -0.4 is 10.7 Å². The Kier molecular flexibility index (Phi) is 7.30. The van der Waals surface area contributed by atoms with Crippen molar-refractivity contribution < 1.29 is 9.59 Å². The van der Waals surface area contributed by atoms with Crippen molar-refractivity contribution in [3.8, 4) is 0 Å². The number of hydrogen-bond donors (Lipinski definition) is 2. The number of halogens is 2. The Balaban J connectivity index is 1.42. The highest BCUT2D eigenvalue weighted by atomic mass is 35.5. The molecule has 4 rings (SSSR count). The first-order valence-corrected chi connectivity index (χ1v) is 11.3. The fraction of sp³-hybridized carbons (Fsp3) is 0.115. The SMILES string of the molecule is Cc1cccc(C(=O)NCC(=O)NN=Cc2cn(Cc3ccc(Cl)cc3Cl)c3ccccc23)c1. The minimum atomic E-state index is -0.422. The molecule has 0 atom stereocenters. The van der Waals surface area contributed by atoms with Gasteiger partial charge in [0, 0.05) is 44.8 Å². The van der Waals surface area contributed by atoms with Gasteiger partial charge >= 0.3 is 0 Å². The maximum Gasteiger partial charge on any atom is 0.259 e. The molecule has 0 fully saturated rings. The Morgan fingerprint density at radius 3 is 2.65 bits per heavy atom. The summed E-state index contributed by atoms with van der Waals surface area (Å²) in [5.74, 6) is -0.735. The van der Waals surface area contributed by atoms with E-state index in [4.69, 9.17) is 23.2 Å². The summed E-state index contributed by atoms with van der Waals surface area (Å²) in [6, 6.07) is 20.5. The van der Waals surface area contributed by atoms with E-state index in [-0.39, 0.29) is 12.5 Å². The van der Waals surface area contributed by atoms with Crippen LogP contribution in [0, 0.1) is 6.92 Å². The van der Waals surface area contributed by atoms with Gasteiger partial charge in [-0.25, -0.2) is 5.43 Å². The van der Waals surface area contributed by atoms with Crippen LogP contribution in [0.4, 0.5) is 0 Å². The minimum absolute atomic E-state index is 0.180. The van der Waals surface area contributed by atoms with E-state index < -0.39 is 5.91 Å². The molecule has 0 radical (unpaired) electrons. The first-order valence-electron chi connectivity index (χ1n) is 10.6. The number of hydrogen-bond acceptors (Lipinski definition) is 3. The Bertz CT molecular complexity index is 1390. The molecule has 1 heterocycles. The standard InChI is InChI=1S/C26H22Cl2N4O2/c1-17-5-4-6-18(11-17)26(34)29-14-25(33)31-30-13-20-16-32(24-8-3-2-7-22(20)24)15-19-9-10-21(27)12-23(19)28/h2-13,16H,14-15H2,1H3,(H,29,34)(H,31,33). The number of benzene rings is 3. The van der Waals surface area contributed by atoms with E-state index in [1.807, 2.05) is 55.6 Å². The zero-order valence-corrected chi connectivity index (χ0v) is 19.9. The average molecular weight is 493 g/mol. The van der Waals surface area contributed by atoms with Crippen molar-refractivity contribution in [2.24, 2.45) is 5.10 Å². The normalized spacial score (nSPS) is 11.1. The molecular weight excluding hydrogens is 471 g/mol. The van der Waals surface area contributed by atoms with Crippen LogP contribution in [-0.2, 0) is 11.3 Å². The second kappa shape index (κ2) is 10.5. The third-order valence-corrected chi connectivity index (χ3v) is 5.84. The van der Waals surface area contributed by atoms with Gasteiger partial charge in [-0.15, -0.1) is 0 Å². The molecule has 3 aromatic carbocycles. The summed E-state index contributed by atoms with van der Waals surface area (Å²) in [7, 11) is 0. The van der Waals surface area contributed by atoms with Gasteiger partial charge in [-0.05, 0) is 42.8 Å². The van der Waals surface area contributed by atoms with Crippen molar-refractivity contribution in [2.45, 2.75) is 13.5 Å². The molecule has 1 aromatic heterocycles. The van der Waals surface area contributed by atoms with E-state index in [2.05, 4.69) is 20.4 Å². The van der Waals surface area contributed by atoms with Gasteiger partial charge in [-0.1, -0.05) is 65.2 Å². The number of amides is 2. The molecule has 34 heavy (non-hydrogen) atoms. The van der Waals surface area contributed by atoms with Crippen LogP contribution in [0.2, 0.25) is 10.0 Å². The first kappa shape index (κ1) is 23.5. The topological polar surface area (TPSA) is 75.5 Å². The number of rotatable bonds is 7. The Hall–Kier alpha value is -3.61. The Labute approximate surface area is 207 Å². The molecule has 0 unspecified atom stereocenters. The lowest BCUT2D eigenvalue weighted by Gasteiger charge is -2.08. The van der Waals surface area contributed by atoms with E-state index in [9.17, 15) is 9.59 Å². The first-order chi connectivity index (χ1) is 16.4. The van der Waals surface area contributed by atoms with Crippen molar-refractivity contribution in [3.63, 3.8) is 0 Å². The van der Waals surface area contributed by atoms with Gasteiger partial charge in [0.05, 0.1) is 12.8 Å². The van der Waals surface area contributed by atoms with Gasteiger partial charge in [-0.2, -0.15) is 5.10 Å². The van der Waals surface area contributed by atoms with Crippen LogP contribution in [0.25, 0.3) is 10.9 Å².